The Hall–Kier alpha value is -2.20. The lowest BCUT2D eigenvalue weighted by atomic mass is 9.98. The molecule has 0 bridgehead atoms. The maximum atomic E-state index is 14.8. The van der Waals surface area contributed by atoms with Crippen molar-refractivity contribution in [3.05, 3.63) is 64.5 Å². The molecule has 4 rings (SSSR count). The number of halogens is 2. The van der Waals surface area contributed by atoms with Gasteiger partial charge in [-0.3, -0.25) is 14.7 Å². The molecule has 188 valence electrons. The van der Waals surface area contributed by atoms with Gasteiger partial charge in [-0.05, 0) is 50.5 Å². The van der Waals surface area contributed by atoms with Gasteiger partial charge in [0.1, 0.15) is 9.87 Å². The number of fused-ring (bicyclic) bond motifs is 1. The Morgan fingerprint density at radius 3 is 2.60 bits per heavy atom. The number of piperazine rings is 1. The van der Waals surface area contributed by atoms with Crippen LogP contribution in [0.25, 0.3) is 0 Å². The normalized spacial score (nSPS) is 18.3. The molecule has 0 aliphatic carbocycles. The highest BCUT2D eigenvalue weighted by molar-refractivity contribution is 14.1. The van der Waals surface area contributed by atoms with Crippen molar-refractivity contribution < 1.29 is 13.9 Å². The highest BCUT2D eigenvalue weighted by Gasteiger charge is 2.30. The molecule has 1 saturated heterocycles. The first-order valence-corrected chi connectivity index (χ1v) is 13.6. The third-order valence-electron chi connectivity index (χ3n) is 6.88. The molecule has 2 aliphatic heterocycles. The number of alkyl halides is 1. The summed E-state index contributed by atoms with van der Waals surface area (Å²) in [5.74, 6) is -0.597. The van der Waals surface area contributed by atoms with Crippen LogP contribution in [0.5, 0.6) is 0 Å². The summed E-state index contributed by atoms with van der Waals surface area (Å²) in [6.07, 6.45) is 0.966. The zero-order valence-electron chi connectivity index (χ0n) is 20.8. The standard InChI is InChI=1S/C27H34FIN4O2/c1-4-35-25(34)18-23-21-9-6-10-22(28)26(21)27(29)33(30-23)13-7-12-31-14-16-32(17-15-31)24-11-5-8-19(2)20(24)3/h5-6,8-11,27H,4,7,12-18H2,1-3H3. The van der Waals surface area contributed by atoms with Crippen molar-refractivity contribution in [3.63, 3.8) is 0 Å². The van der Waals surface area contributed by atoms with E-state index >= 15 is 0 Å². The third kappa shape index (κ3) is 5.97. The molecule has 2 aromatic carbocycles. The smallest absolute Gasteiger partial charge is 0.311 e. The second-order valence-corrected chi connectivity index (χ2v) is 10.3. The molecule has 0 spiro atoms. The summed E-state index contributed by atoms with van der Waals surface area (Å²) >= 11 is 2.25. The van der Waals surface area contributed by atoms with Gasteiger partial charge in [0, 0.05) is 56.1 Å². The Morgan fingerprint density at radius 1 is 1.11 bits per heavy atom. The number of carbonyl (C=O) groups excluding carboxylic acids is 1. The molecule has 0 saturated carbocycles. The lowest BCUT2D eigenvalue weighted by Crippen LogP contribution is -2.47. The van der Waals surface area contributed by atoms with Crippen LogP contribution in [-0.2, 0) is 9.53 Å². The molecule has 0 amide bonds. The number of esters is 1. The average molecular weight is 592 g/mol. The van der Waals surface area contributed by atoms with Crippen molar-refractivity contribution in [1.29, 1.82) is 0 Å². The summed E-state index contributed by atoms with van der Waals surface area (Å²) in [4.78, 5) is 17.1. The molecule has 8 heteroatoms. The lowest BCUT2D eigenvalue weighted by Gasteiger charge is -2.37. The molecule has 2 heterocycles. The van der Waals surface area contributed by atoms with Gasteiger partial charge in [0.2, 0.25) is 0 Å². The minimum absolute atomic E-state index is 0.0461. The first-order valence-electron chi connectivity index (χ1n) is 12.3. The maximum Gasteiger partial charge on any atom is 0.311 e. The van der Waals surface area contributed by atoms with E-state index in [4.69, 9.17) is 9.84 Å². The summed E-state index contributed by atoms with van der Waals surface area (Å²) < 4.78 is 19.7. The van der Waals surface area contributed by atoms with Crippen LogP contribution < -0.4 is 4.90 Å². The van der Waals surface area contributed by atoms with E-state index in [1.807, 2.05) is 11.1 Å². The minimum atomic E-state index is -0.338. The zero-order chi connectivity index (χ0) is 24.9. The average Bonchev–Trinajstić information content (AvgIpc) is 2.84. The van der Waals surface area contributed by atoms with Crippen LogP contribution in [0, 0.1) is 19.7 Å². The number of hydrogen-bond acceptors (Lipinski definition) is 6. The fourth-order valence-electron chi connectivity index (χ4n) is 4.83. The molecule has 0 radical (unpaired) electrons. The summed E-state index contributed by atoms with van der Waals surface area (Å²) in [5.41, 5.74) is 5.92. The van der Waals surface area contributed by atoms with Gasteiger partial charge in [-0.15, -0.1) is 0 Å². The first kappa shape index (κ1) is 25.9. The van der Waals surface area contributed by atoms with E-state index in [0.29, 0.717) is 30.0 Å². The van der Waals surface area contributed by atoms with E-state index in [2.05, 4.69) is 64.4 Å². The van der Waals surface area contributed by atoms with Crippen molar-refractivity contribution in [1.82, 2.24) is 9.91 Å². The van der Waals surface area contributed by atoms with E-state index in [0.717, 1.165) is 39.1 Å². The quantitative estimate of drug-likeness (QED) is 0.186. The number of carbonyl (C=O) groups is 1. The number of aryl methyl sites for hydroxylation is 1. The number of anilines is 1. The molecule has 0 N–H and O–H groups in total. The largest absolute Gasteiger partial charge is 0.466 e. The van der Waals surface area contributed by atoms with Crippen LogP contribution >= 0.6 is 22.6 Å². The van der Waals surface area contributed by atoms with E-state index in [-0.39, 0.29) is 22.3 Å². The second kappa shape index (κ2) is 11.7. The van der Waals surface area contributed by atoms with E-state index in [9.17, 15) is 9.18 Å². The van der Waals surface area contributed by atoms with Gasteiger partial charge in [-0.25, -0.2) is 4.39 Å². The van der Waals surface area contributed by atoms with Gasteiger partial charge in [0.05, 0.1) is 18.7 Å². The molecule has 1 fully saturated rings. The van der Waals surface area contributed by atoms with Crippen molar-refractivity contribution in [3.8, 4) is 0 Å². The van der Waals surface area contributed by atoms with Crippen molar-refractivity contribution in [2.45, 2.75) is 37.7 Å². The van der Waals surface area contributed by atoms with Crippen LogP contribution in [0.4, 0.5) is 10.1 Å². The predicted octanol–water partition coefficient (Wildman–Crippen LogP) is 5.06. The van der Waals surface area contributed by atoms with E-state index < -0.39 is 0 Å². The van der Waals surface area contributed by atoms with Crippen LogP contribution in [0.3, 0.4) is 0 Å². The van der Waals surface area contributed by atoms with Gasteiger partial charge in [-0.2, -0.15) is 5.10 Å². The molecule has 2 aromatic rings. The van der Waals surface area contributed by atoms with Crippen molar-refractivity contribution in [2.75, 3.05) is 50.8 Å². The van der Waals surface area contributed by atoms with Gasteiger partial charge < -0.3 is 9.64 Å². The lowest BCUT2D eigenvalue weighted by molar-refractivity contribution is -0.141. The first-order chi connectivity index (χ1) is 16.9. The molecular weight excluding hydrogens is 558 g/mol. The molecule has 6 nitrogen and oxygen atoms in total. The molecule has 1 unspecified atom stereocenters. The molecule has 35 heavy (non-hydrogen) atoms. The van der Waals surface area contributed by atoms with Gasteiger partial charge in [-0.1, -0.05) is 46.9 Å². The zero-order valence-corrected chi connectivity index (χ0v) is 22.9. The number of nitrogens with zero attached hydrogens (tertiary/aromatic N) is 4. The van der Waals surface area contributed by atoms with Crippen LogP contribution in [0.15, 0.2) is 41.5 Å². The minimum Gasteiger partial charge on any atom is -0.466 e. The fraction of sp³-hybridized carbons (Fsp3) is 0.481. The molecular formula is C27H34FIN4O2. The summed E-state index contributed by atoms with van der Waals surface area (Å²) in [6, 6.07) is 11.5. The van der Waals surface area contributed by atoms with E-state index in [1.165, 1.54) is 22.9 Å². The Morgan fingerprint density at radius 2 is 1.86 bits per heavy atom. The summed E-state index contributed by atoms with van der Waals surface area (Å²) in [6.45, 7) is 12.2. The highest BCUT2D eigenvalue weighted by atomic mass is 127. The van der Waals surface area contributed by atoms with Crippen molar-refractivity contribution >= 4 is 40.0 Å². The second-order valence-electron chi connectivity index (χ2n) is 9.13. The fourth-order valence-corrected chi connectivity index (χ4v) is 5.87. The molecule has 0 aromatic heterocycles. The van der Waals surface area contributed by atoms with Gasteiger partial charge in [0.25, 0.3) is 0 Å². The van der Waals surface area contributed by atoms with Gasteiger partial charge >= 0.3 is 5.97 Å². The highest BCUT2D eigenvalue weighted by Crippen LogP contribution is 2.37. The monoisotopic (exact) mass is 592 g/mol. The number of benzene rings is 2. The van der Waals surface area contributed by atoms with Crippen molar-refractivity contribution in [2.24, 2.45) is 5.10 Å². The molecule has 2 aliphatic rings. The molecule has 1 atom stereocenters. The van der Waals surface area contributed by atoms with E-state index in [1.54, 1.807) is 13.0 Å². The van der Waals surface area contributed by atoms with Gasteiger partial charge in [0.15, 0.2) is 0 Å². The SMILES string of the molecule is CCOC(=O)CC1=NN(CCCN2CCN(c3cccc(C)c3C)CC2)C(I)c2c(F)cccc21. The summed E-state index contributed by atoms with van der Waals surface area (Å²) in [5, 5.41) is 6.69. The third-order valence-corrected chi connectivity index (χ3v) is 8.15. The van der Waals surface area contributed by atoms with Crippen LogP contribution in [0.2, 0.25) is 0 Å². The Bertz CT molecular complexity index is 1080. The Labute approximate surface area is 221 Å². The Balaban J connectivity index is 1.35. The number of hydrazone groups is 1. The van der Waals surface area contributed by atoms with Crippen LogP contribution in [-0.4, -0.2) is 67.5 Å². The number of ether oxygens (including phenoxy) is 1. The summed E-state index contributed by atoms with van der Waals surface area (Å²) in [7, 11) is 0. The number of hydrogen-bond donors (Lipinski definition) is 0. The number of rotatable bonds is 8. The Kier molecular flexibility index (Phi) is 8.64. The predicted molar refractivity (Wildman–Crippen MR) is 147 cm³/mol. The maximum absolute atomic E-state index is 14.8. The topological polar surface area (TPSA) is 48.4 Å². The van der Waals surface area contributed by atoms with Crippen LogP contribution in [0.1, 0.15) is 46.1 Å².